The number of nitrogens with one attached hydrogen (secondary N) is 1. The van der Waals surface area contributed by atoms with Crippen molar-refractivity contribution in [2.24, 2.45) is 0 Å². The van der Waals surface area contributed by atoms with Gasteiger partial charge in [0.1, 0.15) is 5.82 Å². The number of rotatable bonds is 11. The lowest BCUT2D eigenvalue weighted by atomic mass is 10.1. The van der Waals surface area contributed by atoms with Crippen LogP contribution in [0, 0.1) is 0 Å². The first-order chi connectivity index (χ1) is 13.8. The number of para-hydroxylation sites is 2. The average Bonchev–Trinajstić information content (AvgIpc) is 3.09. The molecule has 0 spiro atoms. The number of aromatic nitrogens is 3. The van der Waals surface area contributed by atoms with Crippen molar-refractivity contribution >= 4 is 16.9 Å². The molecule has 28 heavy (non-hydrogen) atoms. The van der Waals surface area contributed by atoms with Crippen LogP contribution in [-0.2, 0) is 13.1 Å². The summed E-state index contributed by atoms with van der Waals surface area (Å²) in [7, 11) is 0. The van der Waals surface area contributed by atoms with Crippen LogP contribution in [0.1, 0.15) is 68.1 Å². The third-order valence-electron chi connectivity index (χ3n) is 5.05. The highest BCUT2D eigenvalue weighted by Crippen LogP contribution is 2.18. The summed E-state index contributed by atoms with van der Waals surface area (Å²) >= 11 is 0. The maximum atomic E-state index is 12.3. The Hall–Kier alpha value is -2.69. The second kappa shape index (κ2) is 10.6. The molecule has 0 aliphatic heterocycles. The van der Waals surface area contributed by atoms with Crippen LogP contribution in [0.5, 0.6) is 0 Å². The summed E-state index contributed by atoms with van der Waals surface area (Å²) in [6.45, 7) is 3.60. The Morgan fingerprint density at radius 2 is 1.79 bits per heavy atom. The van der Waals surface area contributed by atoms with E-state index in [-0.39, 0.29) is 5.91 Å². The smallest absolute Gasteiger partial charge is 0.253 e. The van der Waals surface area contributed by atoms with Crippen LogP contribution in [0.3, 0.4) is 0 Å². The summed E-state index contributed by atoms with van der Waals surface area (Å²) in [5, 5.41) is 2.98. The second-order valence-corrected chi connectivity index (χ2v) is 7.21. The average molecular weight is 379 g/mol. The first-order valence-electron chi connectivity index (χ1n) is 10.4. The monoisotopic (exact) mass is 378 g/mol. The van der Waals surface area contributed by atoms with Crippen molar-refractivity contribution in [3.8, 4) is 0 Å². The van der Waals surface area contributed by atoms with E-state index in [0.29, 0.717) is 12.1 Å². The van der Waals surface area contributed by atoms with Gasteiger partial charge in [0.2, 0.25) is 0 Å². The van der Waals surface area contributed by atoms with Gasteiger partial charge in [0.25, 0.3) is 5.91 Å². The van der Waals surface area contributed by atoms with Crippen LogP contribution in [0.15, 0.2) is 48.8 Å². The first kappa shape index (κ1) is 20.1. The van der Waals surface area contributed by atoms with E-state index in [9.17, 15) is 4.79 Å². The Labute approximate surface area is 167 Å². The van der Waals surface area contributed by atoms with E-state index in [1.165, 1.54) is 38.5 Å². The van der Waals surface area contributed by atoms with Gasteiger partial charge in [-0.15, -0.1) is 0 Å². The maximum absolute atomic E-state index is 12.3. The molecule has 0 fully saturated rings. The van der Waals surface area contributed by atoms with Gasteiger partial charge in [-0.1, -0.05) is 57.6 Å². The minimum Gasteiger partial charge on any atom is -0.345 e. The largest absolute Gasteiger partial charge is 0.345 e. The Morgan fingerprint density at radius 3 is 2.57 bits per heavy atom. The fraction of sp³-hybridized carbons (Fsp3) is 0.435. The third-order valence-corrected chi connectivity index (χ3v) is 5.05. The molecule has 3 rings (SSSR count). The zero-order valence-electron chi connectivity index (χ0n) is 16.7. The van der Waals surface area contributed by atoms with Gasteiger partial charge in [0.15, 0.2) is 0 Å². The Kier molecular flexibility index (Phi) is 7.59. The summed E-state index contributed by atoms with van der Waals surface area (Å²) in [4.78, 5) is 21.1. The van der Waals surface area contributed by atoms with Crippen LogP contribution in [0.4, 0.5) is 0 Å². The molecular weight excluding hydrogens is 348 g/mol. The molecule has 2 aromatic heterocycles. The van der Waals surface area contributed by atoms with Crippen molar-refractivity contribution in [1.29, 1.82) is 0 Å². The first-order valence-corrected chi connectivity index (χ1v) is 10.4. The quantitative estimate of drug-likeness (QED) is 0.472. The number of aryl methyl sites for hydroxylation is 1. The lowest BCUT2D eigenvalue weighted by Crippen LogP contribution is -2.24. The van der Waals surface area contributed by atoms with E-state index in [1.54, 1.807) is 24.5 Å². The van der Waals surface area contributed by atoms with Gasteiger partial charge in [-0.3, -0.25) is 9.78 Å². The number of unbranched alkanes of at least 4 members (excludes halogenated alkanes) is 6. The van der Waals surface area contributed by atoms with E-state index in [4.69, 9.17) is 4.98 Å². The van der Waals surface area contributed by atoms with Gasteiger partial charge in [-0.2, -0.15) is 0 Å². The number of fused-ring (bicyclic) bond motifs is 1. The lowest BCUT2D eigenvalue weighted by molar-refractivity contribution is 0.0949. The summed E-state index contributed by atoms with van der Waals surface area (Å²) in [5.41, 5.74) is 2.69. The van der Waals surface area contributed by atoms with Crippen molar-refractivity contribution in [1.82, 2.24) is 19.9 Å². The molecule has 148 valence electrons. The van der Waals surface area contributed by atoms with Crippen molar-refractivity contribution < 1.29 is 4.79 Å². The summed E-state index contributed by atoms with van der Waals surface area (Å²) in [5.74, 6) is 0.784. The maximum Gasteiger partial charge on any atom is 0.253 e. The molecule has 3 aromatic rings. The fourth-order valence-electron chi connectivity index (χ4n) is 3.50. The summed E-state index contributed by atoms with van der Waals surface area (Å²) in [6, 6.07) is 11.7. The zero-order valence-corrected chi connectivity index (χ0v) is 16.7. The standard InChI is InChI=1S/C23H30N4O/c1-2-3-4-5-6-7-10-16-27-21-14-9-8-13-20(21)26-22(27)18-25-23(28)19-12-11-15-24-17-19/h8-9,11-15,17H,2-7,10,16,18H2,1H3,(H,25,28). The molecule has 1 amide bonds. The predicted octanol–water partition coefficient (Wildman–Crippen LogP) is 5.11. The molecule has 0 bridgehead atoms. The topological polar surface area (TPSA) is 59.8 Å². The summed E-state index contributed by atoms with van der Waals surface area (Å²) in [6.07, 6.45) is 12.2. The van der Waals surface area contributed by atoms with Crippen molar-refractivity contribution in [3.63, 3.8) is 0 Å². The molecule has 0 radical (unpaired) electrons. The zero-order chi connectivity index (χ0) is 19.6. The molecule has 0 aliphatic rings. The Bertz CT molecular complexity index is 873. The van der Waals surface area contributed by atoms with Crippen LogP contribution in [0.25, 0.3) is 11.0 Å². The minimum atomic E-state index is -0.123. The van der Waals surface area contributed by atoms with Gasteiger partial charge >= 0.3 is 0 Å². The molecule has 0 saturated carbocycles. The number of benzene rings is 1. The number of hydrogen-bond donors (Lipinski definition) is 1. The highest BCUT2D eigenvalue weighted by Gasteiger charge is 2.12. The van der Waals surface area contributed by atoms with Gasteiger partial charge in [0, 0.05) is 18.9 Å². The highest BCUT2D eigenvalue weighted by molar-refractivity contribution is 5.93. The van der Waals surface area contributed by atoms with Crippen LogP contribution in [-0.4, -0.2) is 20.4 Å². The molecule has 5 nitrogen and oxygen atoms in total. The van der Waals surface area contributed by atoms with Crippen molar-refractivity contribution in [2.45, 2.75) is 65.0 Å². The van der Waals surface area contributed by atoms with Crippen molar-refractivity contribution in [3.05, 3.63) is 60.2 Å². The Balaban J connectivity index is 1.61. The fourth-order valence-corrected chi connectivity index (χ4v) is 3.50. The number of imidazole rings is 1. The summed E-state index contributed by atoms with van der Waals surface area (Å²) < 4.78 is 2.25. The Morgan fingerprint density at radius 1 is 1.00 bits per heavy atom. The third kappa shape index (κ3) is 5.41. The number of hydrogen-bond acceptors (Lipinski definition) is 3. The highest BCUT2D eigenvalue weighted by atomic mass is 16.1. The SMILES string of the molecule is CCCCCCCCCn1c(CNC(=O)c2cccnc2)nc2ccccc21. The molecule has 0 atom stereocenters. The van der Waals surface area contributed by atoms with Gasteiger partial charge in [-0.25, -0.2) is 4.98 Å². The van der Waals surface area contributed by atoms with Crippen molar-refractivity contribution in [2.75, 3.05) is 0 Å². The molecular formula is C23H30N4O. The second-order valence-electron chi connectivity index (χ2n) is 7.21. The molecule has 0 saturated heterocycles. The lowest BCUT2D eigenvalue weighted by Gasteiger charge is -2.10. The van der Waals surface area contributed by atoms with E-state index >= 15 is 0 Å². The van der Waals surface area contributed by atoms with Crippen LogP contribution < -0.4 is 5.32 Å². The van der Waals surface area contributed by atoms with Gasteiger partial charge < -0.3 is 9.88 Å². The predicted molar refractivity (Wildman–Crippen MR) is 113 cm³/mol. The molecule has 0 unspecified atom stereocenters. The normalized spacial score (nSPS) is 11.0. The van der Waals surface area contributed by atoms with Gasteiger partial charge in [-0.05, 0) is 30.7 Å². The number of pyridine rings is 1. The van der Waals surface area contributed by atoms with E-state index < -0.39 is 0 Å². The van der Waals surface area contributed by atoms with E-state index in [2.05, 4.69) is 27.9 Å². The molecule has 1 aromatic carbocycles. The van der Waals surface area contributed by atoms with E-state index in [1.807, 2.05) is 18.2 Å². The molecule has 2 heterocycles. The molecule has 5 heteroatoms. The minimum absolute atomic E-state index is 0.123. The van der Waals surface area contributed by atoms with Crippen LogP contribution in [0.2, 0.25) is 0 Å². The number of amides is 1. The molecule has 0 aliphatic carbocycles. The van der Waals surface area contributed by atoms with Crippen LogP contribution >= 0.6 is 0 Å². The molecule has 1 N–H and O–H groups in total. The number of carbonyl (C=O) groups excluding carboxylic acids is 1. The number of nitrogens with zero attached hydrogens (tertiary/aromatic N) is 3. The number of carbonyl (C=O) groups is 1. The van der Waals surface area contributed by atoms with Gasteiger partial charge in [0.05, 0.1) is 23.1 Å². The van der Waals surface area contributed by atoms with E-state index in [0.717, 1.165) is 29.8 Å².